The average molecular weight is 231 g/mol. The van der Waals surface area contributed by atoms with Gasteiger partial charge >= 0.3 is 0 Å². The van der Waals surface area contributed by atoms with Crippen LogP contribution in [0.15, 0.2) is 48.6 Å². The minimum absolute atomic E-state index is 0.654. The first-order valence-electron chi connectivity index (χ1n) is 5.93. The van der Waals surface area contributed by atoms with Gasteiger partial charge in [0, 0.05) is 13.1 Å². The van der Waals surface area contributed by atoms with E-state index in [1.54, 1.807) is 0 Å². The first-order chi connectivity index (χ1) is 8.29. The second kappa shape index (κ2) is 8.74. The van der Waals surface area contributed by atoms with Gasteiger partial charge in [-0.2, -0.15) is 0 Å². The van der Waals surface area contributed by atoms with Crippen molar-refractivity contribution in [3.05, 3.63) is 54.1 Å². The van der Waals surface area contributed by atoms with Crippen LogP contribution in [-0.4, -0.2) is 26.3 Å². The SMILES string of the molecule is C=C(C)COCCNC/C=C/c1ccccc1. The molecule has 17 heavy (non-hydrogen) atoms. The van der Waals surface area contributed by atoms with Crippen LogP contribution in [0.2, 0.25) is 0 Å². The molecule has 0 aliphatic rings. The fourth-order valence-electron chi connectivity index (χ4n) is 1.34. The number of rotatable bonds is 8. The minimum atomic E-state index is 0.654. The third kappa shape index (κ3) is 7.50. The van der Waals surface area contributed by atoms with Gasteiger partial charge in [-0.25, -0.2) is 0 Å². The molecule has 0 aromatic heterocycles. The Labute approximate surface area is 104 Å². The predicted octanol–water partition coefficient (Wildman–Crippen LogP) is 2.88. The molecule has 0 aliphatic heterocycles. The zero-order chi connectivity index (χ0) is 12.3. The predicted molar refractivity (Wildman–Crippen MR) is 74.0 cm³/mol. The molecular formula is C15H21NO. The van der Waals surface area contributed by atoms with Gasteiger partial charge in [0.25, 0.3) is 0 Å². The van der Waals surface area contributed by atoms with Crippen LogP contribution in [0.5, 0.6) is 0 Å². The van der Waals surface area contributed by atoms with E-state index in [1.807, 2.05) is 25.1 Å². The van der Waals surface area contributed by atoms with Crippen molar-refractivity contribution in [1.82, 2.24) is 5.32 Å². The summed E-state index contributed by atoms with van der Waals surface area (Å²) in [6, 6.07) is 10.3. The molecular weight excluding hydrogens is 210 g/mol. The van der Waals surface area contributed by atoms with Crippen molar-refractivity contribution in [3.63, 3.8) is 0 Å². The zero-order valence-corrected chi connectivity index (χ0v) is 10.5. The zero-order valence-electron chi connectivity index (χ0n) is 10.5. The normalized spacial score (nSPS) is 10.9. The maximum atomic E-state index is 5.37. The second-order valence-corrected chi connectivity index (χ2v) is 4.03. The molecule has 0 atom stereocenters. The van der Waals surface area contributed by atoms with Crippen molar-refractivity contribution < 1.29 is 4.74 Å². The summed E-state index contributed by atoms with van der Waals surface area (Å²) in [7, 11) is 0. The third-order valence-electron chi connectivity index (χ3n) is 2.14. The van der Waals surface area contributed by atoms with Crippen LogP contribution >= 0.6 is 0 Å². The molecule has 0 bridgehead atoms. The summed E-state index contributed by atoms with van der Waals surface area (Å²) in [5, 5.41) is 3.29. The summed E-state index contributed by atoms with van der Waals surface area (Å²) in [5.41, 5.74) is 2.29. The van der Waals surface area contributed by atoms with Crippen LogP contribution < -0.4 is 5.32 Å². The van der Waals surface area contributed by atoms with Crippen molar-refractivity contribution in [2.75, 3.05) is 26.3 Å². The molecule has 0 saturated heterocycles. The van der Waals surface area contributed by atoms with Crippen LogP contribution in [0.4, 0.5) is 0 Å². The fraction of sp³-hybridized carbons (Fsp3) is 0.333. The standard InChI is InChI=1S/C15H21NO/c1-14(2)13-17-12-11-16-10-6-9-15-7-4-3-5-8-15/h3-9,16H,1,10-13H2,2H3/b9-6+. The second-order valence-electron chi connectivity index (χ2n) is 4.03. The van der Waals surface area contributed by atoms with E-state index < -0.39 is 0 Å². The smallest absolute Gasteiger partial charge is 0.0672 e. The van der Waals surface area contributed by atoms with Gasteiger partial charge in [-0.15, -0.1) is 0 Å². The molecule has 1 aromatic rings. The van der Waals surface area contributed by atoms with E-state index in [0.29, 0.717) is 6.61 Å². The molecule has 2 nitrogen and oxygen atoms in total. The molecule has 0 radical (unpaired) electrons. The highest BCUT2D eigenvalue weighted by atomic mass is 16.5. The number of hydrogen-bond donors (Lipinski definition) is 1. The minimum Gasteiger partial charge on any atom is -0.376 e. The van der Waals surface area contributed by atoms with Crippen LogP contribution in [-0.2, 0) is 4.74 Å². The Balaban J connectivity index is 2.01. The number of ether oxygens (including phenoxy) is 1. The molecule has 0 saturated carbocycles. The van der Waals surface area contributed by atoms with Gasteiger partial charge < -0.3 is 10.1 Å². The van der Waals surface area contributed by atoms with Crippen molar-refractivity contribution in [2.24, 2.45) is 0 Å². The third-order valence-corrected chi connectivity index (χ3v) is 2.14. The molecule has 92 valence electrons. The van der Waals surface area contributed by atoms with Crippen LogP contribution in [0.25, 0.3) is 6.08 Å². The monoisotopic (exact) mass is 231 g/mol. The molecule has 0 fully saturated rings. The lowest BCUT2D eigenvalue weighted by Crippen LogP contribution is -2.19. The summed E-state index contributed by atoms with van der Waals surface area (Å²) in [6.45, 7) is 8.86. The lowest BCUT2D eigenvalue weighted by atomic mass is 10.2. The summed E-state index contributed by atoms with van der Waals surface area (Å²) >= 11 is 0. The van der Waals surface area contributed by atoms with Crippen molar-refractivity contribution in [3.8, 4) is 0 Å². The first-order valence-corrected chi connectivity index (χ1v) is 5.93. The van der Waals surface area contributed by atoms with E-state index in [-0.39, 0.29) is 0 Å². The van der Waals surface area contributed by atoms with Crippen LogP contribution in [0.1, 0.15) is 12.5 Å². The number of hydrogen-bond acceptors (Lipinski definition) is 2. The first kappa shape index (κ1) is 13.7. The maximum absolute atomic E-state index is 5.37. The van der Waals surface area contributed by atoms with Crippen molar-refractivity contribution in [1.29, 1.82) is 0 Å². The Morgan fingerprint density at radius 3 is 2.82 bits per heavy atom. The Morgan fingerprint density at radius 1 is 1.35 bits per heavy atom. The summed E-state index contributed by atoms with van der Waals surface area (Å²) in [4.78, 5) is 0. The molecule has 0 spiro atoms. The van der Waals surface area contributed by atoms with E-state index in [9.17, 15) is 0 Å². The lowest BCUT2D eigenvalue weighted by Gasteiger charge is -2.03. The molecule has 1 rings (SSSR count). The van der Waals surface area contributed by atoms with Gasteiger partial charge in [0.15, 0.2) is 0 Å². The van der Waals surface area contributed by atoms with Crippen LogP contribution in [0, 0.1) is 0 Å². The fourth-order valence-corrected chi connectivity index (χ4v) is 1.34. The average Bonchev–Trinajstić information content (AvgIpc) is 2.33. The highest BCUT2D eigenvalue weighted by Gasteiger charge is 1.88. The quantitative estimate of drug-likeness (QED) is 0.548. The van der Waals surface area contributed by atoms with E-state index in [0.717, 1.165) is 25.3 Å². The van der Waals surface area contributed by atoms with Crippen molar-refractivity contribution in [2.45, 2.75) is 6.92 Å². The molecule has 2 heteroatoms. The lowest BCUT2D eigenvalue weighted by molar-refractivity contribution is 0.159. The van der Waals surface area contributed by atoms with Gasteiger partial charge in [-0.05, 0) is 12.5 Å². The Kier molecular flexibility index (Phi) is 7.03. The number of benzene rings is 1. The van der Waals surface area contributed by atoms with E-state index in [4.69, 9.17) is 4.74 Å². The highest BCUT2D eigenvalue weighted by Crippen LogP contribution is 1.99. The van der Waals surface area contributed by atoms with Crippen molar-refractivity contribution >= 4 is 6.08 Å². The largest absolute Gasteiger partial charge is 0.376 e. The summed E-state index contributed by atoms with van der Waals surface area (Å²) < 4.78 is 5.37. The van der Waals surface area contributed by atoms with Gasteiger partial charge in [-0.1, -0.05) is 54.6 Å². The maximum Gasteiger partial charge on any atom is 0.0672 e. The van der Waals surface area contributed by atoms with Gasteiger partial charge in [0.1, 0.15) is 0 Å². The number of nitrogens with one attached hydrogen (secondary N) is 1. The van der Waals surface area contributed by atoms with Crippen LogP contribution in [0.3, 0.4) is 0 Å². The summed E-state index contributed by atoms with van der Waals surface area (Å²) in [5.74, 6) is 0. The van der Waals surface area contributed by atoms with Gasteiger partial charge in [-0.3, -0.25) is 0 Å². The van der Waals surface area contributed by atoms with Gasteiger partial charge in [0.05, 0.1) is 13.2 Å². The molecule has 0 amide bonds. The molecule has 0 unspecified atom stereocenters. The topological polar surface area (TPSA) is 21.3 Å². The van der Waals surface area contributed by atoms with Gasteiger partial charge in [0.2, 0.25) is 0 Å². The Hall–Kier alpha value is -1.38. The van der Waals surface area contributed by atoms with E-state index in [1.165, 1.54) is 5.56 Å². The Bertz CT molecular complexity index is 343. The molecule has 1 aromatic carbocycles. The summed E-state index contributed by atoms with van der Waals surface area (Å²) in [6.07, 6.45) is 4.23. The Morgan fingerprint density at radius 2 is 2.12 bits per heavy atom. The highest BCUT2D eigenvalue weighted by molar-refractivity contribution is 5.48. The molecule has 0 heterocycles. The van der Waals surface area contributed by atoms with E-state index in [2.05, 4.69) is 36.2 Å². The molecule has 1 N–H and O–H groups in total. The molecule has 0 aliphatic carbocycles. The van der Waals surface area contributed by atoms with E-state index >= 15 is 0 Å².